The molecule has 1 atom stereocenters. The zero-order chi connectivity index (χ0) is 11.7. The molecule has 0 saturated heterocycles. The maximum absolute atomic E-state index is 4.47. The van der Waals surface area contributed by atoms with Crippen LogP contribution in [0.4, 0.5) is 0 Å². The summed E-state index contributed by atoms with van der Waals surface area (Å²) in [6.07, 6.45) is 4.90. The summed E-state index contributed by atoms with van der Waals surface area (Å²) in [4.78, 5) is 8.93. The van der Waals surface area contributed by atoms with Crippen molar-refractivity contribution in [2.45, 2.75) is 18.9 Å². The molecular formula is C14H15N3. The lowest BCUT2D eigenvalue weighted by atomic mass is 9.77. The third kappa shape index (κ3) is 1.83. The van der Waals surface area contributed by atoms with Crippen LogP contribution in [0.25, 0.3) is 0 Å². The summed E-state index contributed by atoms with van der Waals surface area (Å²) in [6, 6.07) is 8.53. The van der Waals surface area contributed by atoms with Gasteiger partial charge in [-0.2, -0.15) is 0 Å². The normalized spacial score (nSPS) is 17.4. The van der Waals surface area contributed by atoms with Crippen LogP contribution in [0.1, 0.15) is 28.4 Å². The summed E-state index contributed by atoms with van der Waals surface area (Å²) in [7, 11) is 1.93. The zero-order valence-electron chi connectivity index (χ0n) is 9.85. The second-order valence-electron chi connectivity index (χ2n) is 4.44. The minimum atomic E-state index is 0.398. The molecule has 3 nitrogen and oxygen atoms in total. The average molecular weight is 225 g/mol. The zero-order valence-corrected chi connectivity index (χ0v) is 9.85. The highest BCUT2D eigenvalue weighted by Crippen LogP contribution is 2.37. The van der Waals surface area contributed by atoms with Crippen LogP contribution in [0.2, 0.25) is 0 Å². The summed E-state index contributed by atoms with van der Waals surface area (Å²) >= 11 is 0. The maximum atomic E-state index is 4.47. The molecule has 1 aliphatic carbocycles. The second kappa shape index (κ2) is 4.26. The Morgan fingerprint density at radius 1 is 1.24 bits per heavy atom. The van der Waals surface area contributed by atoms with Gasteiger partial charge in [-0.05, 0) is 24.6 Å². The molecule has 0 amide bonds. The molecular weight excluding hydrogens is 210 g/mol. The van der Waals surface area contributed by atoms with Gasteiger partial charge in [-0.15, -0.1) is 0 Å². The molecule has 0 spiro atoms. The summed E-state index contributed by atoms with van der Waals surface area (Å²) in [5.41, 5.74) is 3.94. The van der Waals surface area contributed by atoms with Crippen LogP contribution in [-0.2, 0) is 13.0 Å². The first-order chi connectivity index (χ1) is 8.38. The molecule has 3 heteroatoms. The van der Waals surface area contributed by atoms with E-state index in [4.69, 9.17) is 0 Å². The Balaban J connectivity index is 1.83. The molecule has 1 N–H and O–H groups in total. The van der Waals surface area contributed by atoms with Crippen molar-refractivity contribution in [1.29, 1.82) is 0 Å². The molecule has 1 aliphatic rings. The van der Waals surface area contributed by atoms with Crippen molar-refractivity contribution in [3.05, 3.63) is 59.2 Å². The number of rotatable bonds is 3. The summed E-state index contributed by atoms with van der Waals surface area (Å²) < 4.78 is 0. The van der Waals surface area contributed by atoms with Crippen LogP contribution in [-0.4, -0.2) is 17.0 Å². The van der Waals surface area contributed by atoms with Gasteiger partial charge in [0.1, 0.15) is 5.82 Å². The largest absolute Gasteiger partial charge is 0.316 e. The molecule has 1 aromatic heterocycles. The molecule has 3 rings (SSSR count). The molecule has 17 heavy (non-hydrogen) atoms. The highest BCUT2D eigenvalue weighted by molar-refractivity contribution is 5.43. The van der Waals surface area contributed by atoms with Crippen LogP contribution < -0.4 is 5.32 Å². The number of aromatic nitrogens is 2. The average Bonchev–Trinajstić information content (AvgIpc) is 2.33. The van der Waals surface area contributed by atoms with Gasteiger partial charge in [0.15, 0.2) is 0 Å². The van der Waals surface area contributed by atoms with Crippen LogP contribution in [0.5, 0.6) is 0 Å². The lowest BCUT2D eigenvalue weighted by molar-refractivity contribution is 0.655. The minimum absolute atomic E-state index is 0.398. The number of hydrogen-bond acceptors (Lipinski definition) is 3. The fourth-order valence-corrected chi connectivity index (χ4v) is 2.33. The van der Waals surface area contributed by atoms with E-state index in [9.17, 15) is 0 Å². The Labute approximate surface area is 101 Å². The van der Waals surface area contributed by atoms with Crippen molar-refractivity contribution in [1.82, 2.24) is 15.3 Å². The lowest BCUT2D eigenvalue weighted by Crippen LogP contribution is -2.20. The van der Waals surface area contributed by atoms with Gasteiger partial charge in [0.05, 0.1) is 0 Å². The first kappa shape index (κ1) is 10.4. The van der Waals surface area contributed by atoms with E-state index >= 15 is 0 Å². The van der Waals surface area contributed by atoms with E-state index < -0.39 is 0 Å². The summed E-state index contributed by atoms with van der Waals surface area (Å²) in [5.74, 6) is 1.35. The Bertz CT molecular complexity index is 519. The van der Waals surface area contributed by atoms with Crippen LogP contribution >= 0.6 is 0 Å². The SMILES string of the molecule is CNCc1cnc(C2Cc3ccccc32)nc1. The number of hydrogen-bond donors (Lipinski definition) is 1. The first-order valence-electron chi connectivity index (χ1n) is 5.91. The van der Waals surface area contributed by atoms with Crippen molar-refractivity contribution in [2.24, 2.45) is 0 Å². The monoisotopic (exact) mass is 225 g/mol. The molecule has 1 aromatic carbocycles. The molecule has 0 aliphatic heterocycles. The Morgan fingerprint density at radius 3 is 2.71 bits per heavy atom. The van der Waals surface area contributed by atoms with Gasteiger partial charge in [-0.25, -0.2) is 9.97 Å². The van der Waals surface area contributed by atoms with Crippen molar-refractivity contribution in [3.63, 3.8) is 0 Å². The first-order valence-corrected chi connectivity index (χ1v) is 5.91. The van der Waals surface area contributed by atoms with Crippen LogP contribution in [0.3, 0.4) is 0 Å². The highest BCUT2D eigenvalue weighted by Gasteiger charge is 2.28. The molecule has 86 valence electrons. The lowest BCUT2D eigenvalue weighted by Gasteiger charge is -2.28. The van der Waals surface area contributed by atoms with Crippen LogP contribution in [0, 0.1) is 0 Å². The Kier molecular flexibility index (Phi) is 2.61. The van der Waals surface area contributed by atoms with Gasteiger partial charge < -0.3 is 5.32 Å². The number of fused-ring (bicyclic) bond motifs is 1. The van der Waals surface area contributed by atoms with Gasteiger partial charge in [0, 0.05) is 30.4 Å². The molecule has 2 aromatic rings. The standard InChI is InChI=1S/C14H15N3/c1-15-7-10-8-16-14(17-9-10)13-6-11-4-2-3-5-12(11)13/h2-5,8-9,13,15H,6-7H2,1H3. The van der Waals surface area contributed by atoms with Crippen molar-refractivity contribution in [3.8, 4) is 0 Å². The third-order valence-electron chi connectivity index (χ3n) is 3.27. The molecule has 0 saturated carbocycles. The fourth-order valence-electron chi connectivity index (χ4n) is 2.33. The van der Waals surface area contributed by atoms with Crippen molar-refractivity contribution in [2.75, 3.05) is 7.05 Å². The van der Waals surface area contributed by atoms with Gasteiger partial charge in [0.25, 0.3) is 0 Å². The molecule has 1 heterocycles. The maximum Gasteiger partial charge on any atom is 0.136 e. The predicted molar refractivity (Wildman–Crippen MR) is 66.8 cm³/mol. The van der Waals surface area contributed by atoms with Crippen molar-refractivity contribution < 1.29 is 0 Å². The number of nitrogens with zero attached hydrogens (tertiary/aromatic N) is 2. The van der Waals surface area contributed by atoms with Crippen molar-refractivity contribution >= 4 is 0 Å². The highest BCUT2D eigenvalue weighted by atomic mass is 14.9. The minimum Gasteiger partial charge on any atom is -0.316 e. The van der Waals surface area contributed by atoms with Gasteiger partial charge in [-0.1, -0.05) is 24.3 Å². The molecule has 0 fully saturated rings. The van der Waals surface area contributed by atoms with E-state index in [1.54, 1.807) is 0 Å². The molecule has 0 radical (unpaired) electrons. The molecule has 1 unspecified atom stereocenters. The Hall–Kier alpha value is -1.74. The van der Waals surface area contributed by atoms with E-state index in [0.717, 1.165) is 24.4 Å². The van der Waals surface area contributed by atoms with Gasteiger partial charge in [0.2, 0.25) is 0 Å². The third-order valence-corrected chi connectivity index (χ3v) is 3.27. The number of nitrogens with one attached hydrogen (secondary N) is 1. The topological polar surface area (TPSA) is 37.8 Å². The van der Waals surface area contributed by atoms with E-state index in [0.29, 0.717) is 5.92 Å². The summed E-state index contributed by atoms with van der Waals surface area (Å²) in [6.45, 7) is 0.821. The second-order valence-corrected chi connectivity index (χ2v) is 4.44. The summed E-state index contributed by atoms with van der Waals surface area (Å²) in [5, 5.41) is 3.10. The van der Waals surface area contributed by atoms with E-state index in [2.05, 4.69) is 39.6 Å². The fraction of sp³-hybridized carbons (Fsp3) is 0.286. The van der Waals surface area contributed by atoms with Gasteiger partial charge in [-0.3, -0.25) is 0 Å². The van der Waals surface area contributed by atoms with E-state index in [1.807, 2.05) is 19.4 Å². The van der Waals surface area contributed by atoms with Gasteiger partial charge >= 0.3 is 0 Å². The molecule has 0 bridgehead atoms. The Morgan fingerprint density at radius 2 is 2.00 bits per heavy atom. The van der Waals surface area contributed by atoms with E-state index in [-0.39, 0.29) is 0 Å². The predicted octanol–water partition coefficient (Wildman–Crippen LogP) is 1.88. The number of benzene rings is 1. The smallest absolute Gasteiger partial charge is 0.136 e. The van der Waals surface area contributed by atoms with E-state index in [1.165, 1.54) is 11.1 Å². The van der Waals surface area contributed by atoms with Crippen LogP contribution in [0.15, 0.2) is 36.7 Å². The quantitative estimate of drug-likeness (QED) is 0.866.